The molecule has 0 saturated carbocycles. The van der Waals surface area contributed by atoms with Crippen molar-refractivity contribution in [2.75, 3.05) is 0 Å². The smallest absolute Gasteiger partial charge is 0.248 e. The van der Waals surface area contributed by atoms with E-state index >= 15 is 0 Å². The van der Waals surface area contributed by atoms with Crippen LogP contribution in [0.25, 0.3) is 0 Å². The van der Waals surface area contributed by atoms with Gasteiger partial charge in [0.1, 0.15) is 0 Å². The fourth-order valence-corrected chi connectivity index (χ4v) is 1.12. The molecule has 0 spiro atoms. The zero-order chi connectivity index (χ0) is 10.0. The number of carbonyl (C=O) groups is 1. The van der Waals surface area contributed by atoms with Gasteiger partial charge in [-0.05, 0) is 37.1 Å². The van der Waals surface area contributed by atoms with E-state index in [1.807, 2.05) is 19.9 Å². The highest BCUT2D eigenvalue weighted by Crippen LogP contribution is 2.14. The molecule has 2 N–H and O–H groups in total. The predicted octanol–water partition coefficient (Wildman–Crippen LogP) is 1.27. The highest BCUT2D eigenvalue weighted by Gasteiger charge is 2.06. The molecule has 0 aliphatic heterocycles. The molecule has 3 nitrogen and oxygen atoms in total. The second-order valence-corrected chi connectivity index (χ2v) is 2.94. The van der Waals surface area contributed by atoms with Crippen LogP contribution in [-0.4, -0.2) is 5.91 Å². The summed E-state index contributed by atoms with van der Waals surface area (Å²) in [6.45, 7) is 3.70. The number of aryl methyl sites for hydroxylation is 1. The van der Waals surface area contributed by atoms with Gasteiger partial charge in [0.05, 0.1) is 11.6 Å². The van der Waals surface area contributed by atoms with Gasteiger partial charge in [-0.1, -0.05) is 0 Å². The van der Waals surface area contributed by atoms with Crippen LogP contribution in [0, 0.1) is 25.2 Å². The Morgan fingerprint density at radius 2 is 2.08 bits per heavy atom. The van der Waals surface area contributed by atoms with Crippen LogP contribution < -0.4 is 5.73 Å². The fraction of sp³-hybridized carbons (Fsp3) is 0.200. The van der Waals surface area contributed by atoms with Crippen LogP contribution in [0.5, 0.6) is 0 Å². The molecule has 1 aromatic carbocycles. The van der Waals surface area contributed by atoms with Gasteiger partial charge >= 0.3 is 0 Å². The molecular weight excluding hydrogens is 164 g/mol. The Morgan fingerprint density at radius 1 is 1.46 bits per heavy atom. The van der Waals surface area contributed by atoms with Crippen molar-refractivity contribution >= 4 is 5.91 Å². The Hall–Kier alpha value is -1.82. The Balaban J connectivity index is 3.41. The number of benzene rings is 1. The molecule has 0 aromatic heterocycles. The van der Waals surface area contributed by atoms with Crippen LogP contribution in [-0.2, 0) is 0 Å². The number of primary amides is 1. The quantitative estimate of drug-likeness (QED) is 0.696. The summed E-state index contributed by atoms with van der Waals surface area (Å²) in [7, 11) is 0. The molecule has 0 radical (unpaired) electrons. The molecule has 1 rings (SSSR count). The SMILES string of the molecule is Cc1cc(C(N)=O)cc(C#N)c1C. The maximum atomic E-state index is 10.8. The minimum atomic E-state index is -0.500. The molecule has 0 atom stereocenters. The average molecular weight is 174 g/mol. The van der Waals surface area contributed by atoms with Gasteiger partial charge in [0, 0.05) is 5.56 Å². The minimum absolute atomic E-state index is 0.389. The lowest BCUT2D eigenvalue weighted by Gasteiger charge is -2.04. The largest absolute Gasteiger partial charge is 0.366 e. The topological polar surface area (TPSA) is 66.9 Å². The zero-order valence-corrected chi connectivity index (χ0v) is 7.59. The van der Waals surface area contributed by atoms with Crippen molar-refractivity contribution in [2.45, 2.75) is 13.8 Å². The third kappa shape index (κ3) is 1.67. The molecule has 13 heavy (non-hydrogen) atoms. The van der Waals surface area contributed by atoms with E-state index in [-0.39, 0.29) is 0 Å². The molecule has 0 fully saturated rings. The van der Waals surface area contributed by atoms with Crippen molar-refractivity contribution in [1.82, 2.24) is 0 Å². The number of rotatable bonds is 1. The first-order valence-corrected chi connectivity index (χ1v) is 3.87. The van der Waals surface area contributed by atoms with Crippen LogP contribution >= 0.6 is 0 Å². The zero-order valence-electron chi connectivity index (χ0n) is 7.59. The van der Waals surface area contributed by atoms with E-state index in [1.165, 1.54) is 6.07 Å². The van der Waals surface area contributed by atoms with Gasteiger partial charge in [-0.25, -0.2) is 0 Å². The van der Waals surface area contributed by atoms with E-state index in [0.29, 0.717) is 11.1 Å². The minimum Gasteiger partial charge on any atom is -0.366 e. The third-order valence-electron chi connectivity index (χ3n) is 2.07. The summed E-state index contributed by atoms with van der Waals surface area (Å²) in [4.78, 5) is 10.8. The molecule has 0 heterocycles. The van der Waals surface area contributed by atoms with Crippen LogP contribution in [0.15, 0.2) is 12.1 Å². The maximum Gasteiger partial charge on any atom is 0.248 e. The summed E-state index contributed by atoms with van der Waals surface area (Å²) in [6.07, 6.45) is 0. The first-order valence-electron chi connectivity index (χ1n) is 3.87. The van der Waals surface area contributed by atoms with Crippen LogP contribution in [0.4, 0.5) is 0 Å². The molecule has 0 saturated heterocycles. The number of carbonyl (C=O) groups excluding carboxylic acids is 1. The number of hydrogen-bond donors (Lipinski definition) is 1. The summed E-state index contributed by atoms with van der Waals surface area (Å²) in [5.41, 5.74) is 7.81. The number of nitriles is 1. The molecule has 0 bridgehead atoms. The highest BCUT2D eigenvalue weighted by atomic mass is 16.1. The van der Waals surface area contributed by atoms with Crippen molar-refractivity contribution in [1.29, 1.82) is 5.26 Å². The van der Waals surface area contributed by atoms with Crippen LogP contribution in [0.1, 0.15) is 27.0 Å². The predicted molar refractivity (Wildman–Crippen MR) is 49.1 cm³/mol. The van der Waals surface area contributed by atoms with Crippen molar-refractivity contribution in [2.24, 2.45) is 5.73 Å². The Morgan fingerprint density at radius 3 is 2.54 bits per heavy atom. The second kappa shape index (κ2) is 3.28. The van der Waals surface area contributed by atoms with Gasteiger partial charge in [0.2, 0.25) is 5.91 Å². The normalized spacial score (nSPS) is 9.31. The van der Waals surface area contributed by atoms with E-state index < -0.39 is 5.91 Å². The van der Waals surface area contributed by atoms with Gasteiger partial charge in [0.15, 0.2) is 0 Å². The van der Waals surface area contributed by atoms with Crippen molar-refractivity contribution in [3.8, 4) is 6.07 Å². The fourth-order valence-electron chi connectivity index (χ4n) is 1.12. The van der Waals surface area contributed by atoms with E-state index in [4.69, 9.17) is 11.0 Å². The molecule has 0 unspecified atom stereocenters. The summed E-state index contributed by atoms with van der Waals surface area (Å²) < 4.78 is 0. The first-order chi connectivity index (χ1) is 6.06. The lowest BCUT2D eigenvalue weighted by molar-refractivity contribution is 0.1000. The van der Waals surface area contributed by atoms with E-state index in [1.54, 1.807) is 6.07 Å². The van der Waals surface area contributed by atoms with Gasteiger partial charge in [0.25, 0.3) is 0 Å². The Kier molecular flexibility index (Phi) is 2.34. The summed E-state index contributed by atoms with van der Waals surface area (Å²) in [5.74, 6) is -0.500. The summed E-state index contributed by atoms with van der Waals surface area (Å²) in [6, 6.07) is 5.24. The number of nitrogens with two attached hydrogens (primary N) is 1. The highest BCUT2D eigenvalue weighted by molar-refractivity contribution is 5.93. The number of nitrogens with zero attached hydrogens (tertiary/aromatic N) is 1. The lowest BCUT2D eigenvalue weighted by atomic mass is 10.0. The van der Waals surface area contributed by atoms with Crippen LogP contribution in [0.2, 0.25) is 0 Å². The second-order valence-electron chi connectivity index (χ2n) is 2.94. The molecule has 3 heteroatoms. The molecule has 0 aliphatic carbocycles. The molecule has 1 amide bonds. The van der Waals surface area contributed by atoms with Gasteiger partial charge in [-0.2, -0.15) is 5.26 Å². The molecule has 1 aromatic rings. The Labute approximate surface area is 76.8 Å². The van der Waals surface area contributed by atoms with E-state index in [2.05, 4.69) is 0 Å². The summed E-state index contributed by atoms with van der Waals surface area (Å²) in [5, 5.41) is 8.75. The number of amides is 1. The monoisotopic (exact) mass is 174 g/mol. The average Bonchev–Trinajstić information content (AvgIpc) is 2.09. The van der Waals surface area contributed by atoms with Gasteiger partial charge in [-0.15, -0.1) is 0 Å². The molecule has 66 valence electrons. The third-order valence-corrected chi connectivity index (χ3v) is 2.07. The lowest BCUT2D eigenvalue weighted by Crippen LogP contribution is -2.11. The number of hydrogen-bond acceptors (Lipinski definition) is 2. The van der Waals surface area contributed by atoms with E-state index in [0.717, 1.165) is 11.1 Å². The first kappa shape index (κ1) is 9.27. The Bertz CT molecular complexity index is 402. The molecular formula is C10H10N2O. The van der Waals surface area contributed by atoms with Crippen LogP contribution in [0.3, 0.4) is 0 Å². The van der Waals surface area contributed by atoms with Gasteiger partial charge < -0.3 is 5.73 Å². The molecule has 0 aliphatic rings. The maximum absolute atomic E-state index is 10.8. The van der Waals surface area contributed by atoms with E-state index in [9.17, 15) is 4.79 Å². The van der Waals surface area contributed by atoms with Crippen molar-refractivity contribution in [3.05, 3.63) is 34.4 Å². The van der Waals surface area contributed by atoms with Gasteiger partial charge in [-0.3, -0.25) is 4.79 Å². The van der Waals surface area contributed by atoms with Crippen molar-refractivity contribution in [3.63, 3.8) is 0 Å². The summed E-state index contributed by atoms with van der Waals surface area (Å²) >= 11 is 0. The van der Waals surface area contributed by atoms with Crippen molar-refractivity contribution < 1.29 is 4.79 Å². The standard InChI is InChI=1S/C10H10N2O/c1-6-3-8(10(12)13)4-9(5-11)7(6)2/h3-4H,1-2H3,(H2,12,13).